The van der Waals surface area contributed by atoms with Gasteiger partial charge in [0, 0.05) is 25.6 Å². The minimum absolute atomic E-state index is 0.0713. The number of urea groups is 1. The van der Waals surface area contributed by atoms with Gasteiger partial charge >= 0.3 is 6.03 Å². The Hall–Kier alpha value is -2.83. The van der Waals surface area contributed by atoms with E-state index < -0.39 is 6.03 Å². The van der Waals surface area contributed by atoms with Crippen molar-refractivity contribution in [3.63, 3.8) is 0 Å². The van der Waals surface area contributed by atoms with Gasteiger partial charge in [0.15, 0.2) is 5.82 Å². The molecule has 7 nitrogen and oxygen atoms in total. The van der Waals surface area contributed by atoms with E-state index >= 15 is 0 Å². The minimum Gasteiger partial charge on any atom is -0.369 e. The Morgan fingerprint density at radius 1 is 1.10 bits per heavy atom. The van der Waals surface area contributed by atoms with Gasteiger partial charge in [0.1, 0.15) is 12.0 Å². The van der Waals surface area contributed by atoms with Crippen molar-refractivity contribution in [1.29, 1.82) is 0 Å². The summed E-state index contributed by atoms with van der Waals surface area (Å²) in [6.07, 6.45) is 1.36. The van der Waals surface area contributed by atoms with Crippen LogP contribution >= 0.6 is 0 Å². The third kappa shape index (κ3) is 6.90. The number of aldehydes is 1. The van der Waals surface area contributed by atoms with E-state index in [0.717, 1.165) is 30.6 Å². The molecule has 0 fully saturated rings. The summed E-state index contributed by atoms with van der Waals surface area (Å²) in [6.45, 7) is 14.2. The highest BCUT2D eigenvalue weighted by Crippen LogP contribution is 2.32. The molecule has 2 rings (SSSR count). The average Bonchev–Trinajstić information content (AvgIpc) is 3.05. The first-order valence-corrected chi connectivity index (χ1v) is 10.5. The van der Waals surface area contributed by atoms with Crippen LogP contribution in [0.5, 0.6) is 0 Å². The Kier molecular flexibility index (Phi) is 8.45. The van der Waals surface area contributed by atoms with Crippen molar-refractivity contribution in [1.82, 2.24) is 5.16 Å². The van der Waals surface area contributed by atoms with Gasteiger partial charge in [0.2, 0.25) is 0 Å². The molecule has 30 heavy (non-hydrogen) atoms. The molecule has 0 saturated heterocycles. The summed E-state index contributed by atoms with van der Waals surface area (Å²) in [6, 6.07) is 7.31. The molecule has 2 amide bonds. The molecule has 0 spiro atoms. The fraction of sp³-hybridized carbons (Fsp3) is 0.522. The van der Waals surface area contributed by atoms with Crippen LogP contribution in [0.2, 0.25) is 0 Å². The minimum atomic E-state index is -0.390. The van der Waals surface area contributed by atoms with Gasteiger partial charge in [0.05, 0.1) is 11.4 Å². The van der Waals surface area contributed by atoms with Crippen LogP contribution in [0.15, 0.2) is 28.8 Å². The van der Waals surface area contributed by atoms with Gasteiger partial charge in [0.25, 0.3) is 0 Å². The zero-order valence-corrected chi connectivity index (χ0v) is 18.9. The topological polar surface area (TPSA) is 87.5 Å². The number of nitrogens with zero attached hydrogens (tertiary/aromatic N) is 2. The second kappa shape index (κ2) is 10.8. The first-order valence-electron chi connectivity index (χ1n) is 10.5. The molecule has 1 heterocycles. The molecule has 1 aromatic heterocycles. The van der Waals surface area contributed by atoms with Gasteiger partial charge in [-0.2, -0.15) is 0 Å². The maximum atomic E-state index is 12.6. The average molecular weight is 415 g/mol. The van der Waals surface area contributed by atoms with Crippen molar-refractivity contribution >= 4 is 29.5 Å². The number of aryl methyl sites for hydroxylation is 1. The van der Waals surface area contributed by atoms with E-state index in [-0.39, 0.29) is 5.92 Å². The van der Waals surface area contributed by atoms with Gasteiger partial charge in [-0.3, -0.25) is 5.32 Å². The molecule has 2 N–H and O–H groups in total. The molecule has 0 unspecified atom stereocenters. The number of nitrogens with one attached hydrogen (secondary N) is 2. The molecule has 1 atom stereocenters. The number of carbonyl (C=O) groups is 2. The van der Waals surface area contributed by atoms with E-state index in [4.69, 9.17) is 4.52 Å². The van der Waals surface area contributed by atoms with Crippen LogP contribution in [0.4, 0.5) is 22.0 Å². The zero-order valence-electron chi connectivity index (χ0n) is 18.9. The molecule has 0 radical (unpaired) electrons. The largest absolute Gasteiger partial charge is 0.369 e. The molecule has 0 aliphatic rings. The zero-order chi connectivity index (χ0) is 22.3. The van der Waals surface area contributed by atoms with E-state index in [1.807, 2.05) is 25.1 Å². The smallest absolute Gasteiger partial charge is 0.325 e. The summed E-state index contributed by atoms with van der Waals surface area (Å²) in [5.41, 5.74) is 2.68. The Morgan fingerprint density at radius 2 is 1.77 bits per heavy atom. The lowest BCUT2D eigenvalue weighted by atomic mass is 9.97. The van der Waals surface area contributed by atoms with Gasteiger partial charge in [-0.15, -0.1) is 0 Å². The molecule has 0 aliphatic carbocycles. The highest BCUT2D eigenvalue weighted by molar-refractivity contribution is 6.01. The summed E-state index contributed by atoms with van der Waals surface area (Å²) in [7, 11) is 0. The highest BCUT2D eigenvalue weighted by Gasteiger charge is 2.18. The fourth-order valence-corrected chi connectivity index (χ4v) is 3.36. The Morgan fingerprint density at radius 3 is 2.30 bits per heavy atom. The Labute approximate surface area is 179 Å². The summed E-state index contributed by atoms with van der Waals surface area (Å²) in [5.74, 6) is 1.99. The molecule has 0 aliphatic heterocycles. The van der Waals surface area contributed by atoms with Crippen molar-refractivity contribution in [2.75, 3.05) is 28.6 Å². The lowest BCUT2D eigenvalue weighted by Gasteiger charge is -2.31. The third-order valence-electron chi connectivity index (χ3n) is 4.67. The predicted octanol–water partition coefficient (Wildman–Crippen LogP) is 5.44. The normalized spacial score (nSPS) is 12.1. The van der Waals surface area contributed by atoms with Crippen molar-refractivity contribution in [2.24, 2.45) is 11.8 Å². The van der Waals surface area contributed by atoms with Crippen LogP contribution < -0.4 is 15.5 Å². The van der Waals surface area contributed by atoms with Crippen molar-refractivity contribution in [3.8, 4) is 0 Å². The fourth-order valence-electron chi connectivity index (χ4n) is 3.36. The Balaban J connectivity index is 2.36. The number of aromatic nitrogens is 1. The van der Waals surface area contributed by atoms with Gasteiger partial charge in [-0.1, -0.05) is 45.8 Å². The van der Waals surface area contributed by atoms with Crippen LogP contribution in [0.25, 0.3) is 0 Å². The third-order valence-corrected chi connectivity index (χ3v) is 4.67. The van der Waals surface area contributed by atoms with Crippen molar-refractivity contribution in [3.05, 3.63) is 35.6 Å². The van der Waals surface area contributed by atoms with Crippen LogP contribution in [0.1, 0.15) is 58.3 Å². The standard InChI is InChI=1S/C23H34N4O3/c1-15(2)13-27(14-16(3)4)21-8-7-19(17(5)9-10-28)12-20(21)24-23(29)25-22-11-18(6)30-26-22/h7-8,10-12,15-17H,9,13-14H2,1-6H3,(H2,24,25,26,29)/t17-/m1/s1. The predicted molar refractivity (Wildman–Crippen MR) is 121 cm³/mol. The number of rotatable bonds is 10. The van der Waals surface area contributed by atoms with Crippen LogP contribution in [0.3, 0.4) is 0 Å². The molecule has 164 valence electrons. The number of carbonyl (C=O) groups excluding carboxylic acids is 2. The maximum absolute atomic E-state index is 12.6. The molecule has 1 aromatic carbocycles. The second-order valence-corrected chi connectivity index (χ2v) is 8.67. The highest BCUT2D eigenvalue weighted by atomic mass is 16.5. The Bertz CT molecular complexity index is 835. The summed E-state index contributed by atoms with van der Waals surface area (Å²) < 4.78 is 5.01. The van der Waals surface area contributed by atoms with E-state index in [1.54, 1.807) is 13.0 Å². The number of amides is 2. The number of benzene rings is 1. The van der Waals surface area contributed by atoms with Gasteiger partial charge in [-0.05, 0) is 42.4 Å². The quantitative estimate of drug-likeness (QED) is 0.506. The lowest BCUT2D eigenvalue weighted by Crippen LogP contribution is -2.32. The van der Waals surface area contributed by atoms with E-state index in [0.29, 0.717) is 35.5 Å². The number of hydrogen-bond donors (Lipinski definition) is 2. The summed E-state index contributed by atoms with van der Waals surface area (Å²) in [4.78, 5) is 25.9. The molecule has 7 heteroatoms. The molecule has 0 bridgehead atoms. The molecular weight excluding hydrogens is 380 g/mol. The van der Waals surface area contributed by atoms with Crippen LogP contribution in [-0.2, 0) is 4.79 Å². The second-order valence-electron chi connectivity index (χ2n) is 8.67. The van der Waals surface area contributed by atoms with Crippen LogP contribution in [0, 0.1) is 18.8 Å². The molecule has 0 saturated carbocycles. The SMILES string of the molecule is Cc1cc(NC(=O)Nc2cc([C@H](C)CC=O)ccc2N(CC(C)C)CC(C)C)no1. The first-order chi connectivity index (χ1) is 14.2. The first kappa shape index (κ1) is 23.4. The monoisotopic (exact) mass is 414 g/mol. The van der Waals surface area contributed by atoms with Gasteiger partial charge < -0.3 is 19.5 Å². The lowest BCUT2D eigenvalue weighted by molar-refractivity contribution is -0.108. The van der Waals surface area contributed by atoms with E-state index in [1.165, 1.54) is 0 Å². The van der Waals surface area contributed by atoms with Crippen molar-refractivity contribution in [2.45, 2.75) is 53.9 Å². The maximum Gasteiger partial charge on any atom is 0.325 e. The number of hydrogen-bond acceptors (Lipinski definition) is 5. The van der Waals surface area contributed by atoms with Crippen molar-refractivity contribution < 1.29 is 14.1 Å². The van der Waals surface area contributed by atoms with Crippen LogP contribution in [-0.4, -0.2) is 30.6 Å². The molecular formula is C23H34N4O3. The van der Waals surface area contributed by atoms with E-state index in [2.05, 4.69) is 48.4 Å². The summed E-state index contributed by atoms with van der Waals surface area (Å²) >= 11 is 0. The van der Waals surface area contributed by atoms with Gasteiger partial charge in [-0.25, -0.2) is 4.79 Å². The number of anilines is 3. The van der Waals surface area contributed by atoms with E-state index in [9.17, 15) is 9.59 Å². The summed E-state index contributed by atoms with van der Waals surface area (Å²) in [5, 5.41) is 9.48. The molecule has 2 aromatic rings.